The summed E-state index contributed by atoms with van der Waals surface area (Å²) in [5.41, 5.74) is 1.48. The molecule has 4 heteroatoms. The molecule has 0 aromatic heterocycles. The fourth-order valence-corrected chi connectivity index (χ4v) is 1.92. The predicted molar refractivity (Wildman–Crippen MR) is 63.7 cm³/mol. The first-order valence-electron chi connectivity index (χ1n) is 4.92. The van der Waals surface area contributed by atoms with Crippen LogP contribution in [0.25, 0.3) is 0 Å². The number of benzene rings is 1. The lowest BCUT2D eigenvalue weighted by molar-refractivity contribution is -0.145. The molecule has 0 bridgehead atoms. The fraction of sp³-hybridized carbons (Fsp3) is 0.250. The zero-order valence-electron chi connectivity index (χ0n) is 8.45. The Labute approximate surface area is 104 Å². The third-order valence-corrected chi connectivity index (χ3v) is 3.02. The van der Waals surface area contributed by atoms with E-state index in [0.29, 0.717) is 17.0 Å². The van der Waals surface area contributed by atoms with Crippen molar-refractivity contribution >= 4 is 29.2 Å². The van der Waals surface area contributed by atoms with E-state index in [9.17, 15) is 4.79 Å². The molecule has 0 radical (unpaired) electrons. The molecule has 0 spiro atoms. The summed E-state index contributed by atoms with van der Waals surface area (Å²) in [6.45, 7) is 0. The van der Waals surface area contributed by atoms with E-state index in [2.05, 4.69) is 0 Å². The summed E-state index contributed by atoms with van der Waals surface area (Å²) in [6, 6.07) is 7.29. The molecule has 1 aliphatic rings. The average molecular weight is 257 g/mol. The number of ether oxygens (including phenoxy) is 1. The van der Waals surface area contributed by atoms with E-state index in [1.807, 2.05) is 18.2 Å². The molecule has 2 nitrogen and oxygen atoms in total. The third-order valence-electron chi connectivity index (χ3n) is 2.48. The second-order valence-corrected chi connectivity index (χ2v) is 4.25. The first-order valence-corrected chi connectivity index (χ1v) is 5.83. The van der Waals surface area contributed by atoms with E-state index in [1.54, 1.807) is 12.1 Å². The summed E-state index contributed by atoms with van der Waals surface area (Å²) < 4.78 is 5.28. The van der Waals surface area contributed by atoms with E-state index in [4.69, 9.17) is 27.9 Å². The molecule has 1 aliphatic heterocycles. The molecule has 0 aliphatic carbocycles. The number of alkyl halides is 1. The average Bonchev–Trinajstić information content (AvgIpc) is 2.30. The van der Waals surface area contributed by atoms with Crippen LogP contribution in [0, 0.1) is 0 Å². The summed E-state index contributed by atoms with van der Waals surface area (Å²) in [6.07, 6.45) is 2.27. The van der Waals surface area contributed by atoms with Gasteiger partial charge in [-0.05, 0) is 17.7 Å². The van der Waals surface area contributed by atoms with Crippen LogP contribution in [-0.2, 0) is 9.53 Å². The molecular weight excluding hydrogens is 247 g/mol. The van der Waals surface area contributed by atoms with E-state index in [1.165, 1.54) is 0 Å². The van der Waals surface area contributed by atoms with E-state index in [0.717, 1.165) is 5.56 Å². The molecule has 84 valence electrons. The summed E-state index contributed by atoms with van der Waals surface area (Å²) in [7, 11) is 0. The number of esters is 1. The predicted octanol–water partition coefficient (Wildman–Crippen LogP) is 3.49. The molecule has 0 saturated carbocycles. The van der Waals surface area contributed by atoms with Gasteiger partial charge in [-0.25, -0.2) is 4.79 Å². The maximum atomic E-state index is 11.5. The number of cyclic esters (lactones) is 1. The van der Waals surface area contributed by atoms with E-state index < -0.39 is 0 Å². The molecule has 2 rings (SSSR count). The minimum Gasteiger partial charge on any atom is -0.454 e. The molecule has 0 N–H and O–H groups in total. The zero-order valence-corrected chi connectivity index (χ0v) is 9.96. The highest BCUT2D eigenvalue weighted by atomic mass is 35.5. The van der Waals surface area contributed by atoms with Gasteiger partial charge in [0, 0.05) is 17.0 Å². The molecule has 1 heterocycles. The van der Waals surface area contributed by atoms with Crippen LogP contribution in [0.3, 0.4) is 0 Å². The van der Waals surface area contributed by atoms with Gasteiger partial charge in [0.2, 0.25) is 0 Å². The van der Waals surface area contributed by atoms with Gasteiger partial charge >= 0.3 is 5.97 Å². The Kier molecular flexibility index (Phi) is 3.52. The summed E-state index contributed by atoms with van der Waals surface area (Å²) in [5.74, 6) is -0.132. The van der Waals surface area contributed by atoms with E-state index in [-0.39, 0.29) is 18.0 Å². The van der Waals surface area contributed by atoms with Gasteiger partial charge in [0.1, 0.15) is 6.10 Å². The first kappa shape index (κ1) is 11.5. The Bertz CT molecular complexity index is 423. The molecule has 0 saturated heterocycles. The van der Waals surface area contributed by atoms with Crippen LogP contribution < -0.4 is 0 Å². The van der Waals surface area contributed by atoms with Gasteiger partial charge in [-0.2, -0.15) is 0 Å². The summed E-state index contributed by atoms with van der Waals surface area (Å²) in [4.78, 5) is 11.5. The number of carbonyl (C=O) groups is 1. The third kappa shape index (κ3) is 2.39. The van der Waals surface area contributed by atoms with Crippen molar-refractivity contribution in [2.24, 2.45) is 0 Å². The van der Waals surface area contributed by atoms with Crippen LogP contribution in [0.2, 0.25) is 5.02 Å². The van der Waals surface area contributed by atoms with Crippen molar-refractivity contribution in [3.05, 3.63) is 46.5 Å². The molecule has 1 aromatic rings. The van der Waals surface area contributed by atoms with Crippen molar-refractivity contribution in [2.45, 2.75) is 12.5 Å². The van der Waals surface area contributed by atoms with Crippen LogP contribution in [0.15, 0.2) is 35.9 Å². The van der Waals surface area contributed by atoms with Crippen LogP contribution in [-0.4, -0.2) is 11.8 Å². The lowest BCUT2D eigenvalue weighted by atomic mass is 10.0. The number of hydrogen-bond donors (Lipinski definition) is 0. The highest BCUT2D eigenvalue weighted by Crippen LogP contribution is 2.28. The maximum Gasteiger partial charge on any atom is 0.335 e. The SMILES string of the molecule is O=C1OC(c2ccc(Cl)cc2)CC=C1CCl. The normalized spacial score (nSPS) is 20.2. The molecule has 0 fully saturated rings. The van der Waals surface area contributed by atoms with Crippen LogP contribution in [0.4, 0.5) is 0 Å². The summed E-state index contributed by atoms with van der Waals surface area (Å²) in [5, 5.41) is 0.669. The van der Waals surface area contributed by atoms with Crippen molar-refractivity contribution < 1.29 is 9.53 Å². The van der Waals surface area contributed by atoms with Crippen molar-refractivity contribution in [1.29, 1.82) is 0 Å². The molecule has 1 unspecified atom stereocenters. The van der Waals surface area contributed by atoms with Gasteiger partial charge in [0.15, 0.2) is 0 Å². The Morgan fingerprint density at radius 2 is 2.00 bits per heavy atom. The van der Waals surface area contributed by atoms with Gasteiger partial charge in [-0.1, -0.05) is 29.8 Å². The lowest BCUT2D eigenvalue weighted by Crippen LogP contribution is -2.18. The second-order valence-electron chi connectivity index (χ2n) is 3.54. The van der Waals surface area contributed by atoms with Crippen molar-refractivity contribution in [1.82, 2.24) is 0 Å². The summed E-state index contributed by atoms with van der Waals surface area (Å²) >= 11 is 11.4. The minimum atomic E-state index is -0.332. The van der Waals surface area contributed by atoms with Gasteiger partial charge in [-0.3, -0.25) is 0 Å². The van der Waals surface area contributed by atoms with Crippen molar-refractivity contribution in [3.63, 3.8) is 0 Å². The number of hydrogen-bond acceptors (Lipinski definition) is 2. The second kappa shape index (κ2) is 4.89. The molecule has 0 amide bonds. The molecule has 1 atom stereocenters. The van der Waals surface area contributed by atoms with Crippen molar-refractivity contribution in [2.75, 3.05) is 5.88 Å². The Morgan fingerprint density at radius 3 is 2.56 bits per heavy atom. The van der Waals surface area contributed by atoms with Crippen molar-refractivity contribution in [3.8, 4) is 0 Å². The van der Waals surface area contributed by atoms with Crippen LogP contribution in [0.5, 0.6) is 0 Å². The maximum absolute atomic E-state index is 11.5. The Morgan fingerprint density at radius 1 is 1.31 bits per heavy atom. The standard InChI is InChI=1S/C12H10Cl2O2/c13-7-9-3-6-11(16-12(9)15)8-1-4-10(14)5-2-8/h1-5,11H,6-7H2. The molecular formula is C12H10Cl2O2. The minimum absolute atomic E-state index is 0.201. The van der Waals surface area contributed by atoms with Crippen LogP contribution >= 0.6 is 23.2 Å². The Balaban J connectivity index is 2.17. The highest BCUT2D eigenvalue weighted by molar-refractivity contribution is 6.30. The largest absolute Gasteiger partial charge is 0.454 e. The molecule has 1 aromatic carbocycles. The Hall–Kier alpha value is -0.990. The lowest BCUT2D eigenvalue weighted by Gasteiger charge is -2.21. The zero-order chi connectivity index (χ0) is 11.5. The van der Waals surface area contributed by atoms with Crippen LogP contribution in [0.1, 0.15) is 18.1 Å². The van der Waals surface area contributed by atoms with Gasteiger partial charge in [-0.15, -0.1) is 11.6 Å². The number of carbonyl (C=O) groups excluding carboxylic acids is 1. The highest BCUT2D eigenvalue weighted by Gasteiger charge is 2.23. The van der Waals surface area contributed by atoms with Gasteiger partial charge in [0.25, 0.3) is 0 Å². The first-order chi connectivity index (χ1) is 7.70. The number of rotatable bonds is 2. The quantitative estimate of drug-likeness (QED) is 0.598. The smallest absolute Gasteiger partial charge is 0.335 e. The fourth-order valence-electron chi connectivity index (χ4n) is 1.58. The van der Waals surface area contributed by atoms with Gasteiger partial charge in [0.05, 0.1) is 5.88 Å². The monoisotopic (exact) mass is 256 g/mol. The topological polar surface area (TPSA) is 26.3 Å². The van der Waals surface area contributed by atoms with E-state index >= 15 is 0 Å². The van der Waals surface area contributed by atoms with Gasteiger partial charge < -0.3 is 4.74 Å². The molecule has 16 heavy (non-hydrogen) atoms. The number of halogens is 2.